The molecule has 1 heterocycles. The number of aromatic amines is 1. The number of amides is 1. The first kappa shape index (κ1) is 18.5. The topological polar surface area (TPSA) is 82.2 Å². The number of carboxylic acid groups (broad SMARTS) is 1. The van der Waals surface area contributed by atoms with Gasteiger partial charge in [-0.2, -0.15) is 0 Å². The fourth-order valence-corrected chi connectivity index (χ4v) is 3.51. The molecule has 0 bridgehead atoms. The molecule has 0 aliphatic heterocycles. The van der Waals surface area contributed by atoms with Gasteiger partial charge in [0.1, 0.15) is 6.04 Å². The molecule has 0 aliphatic carbocycles. The molecule has 0 spiro atoms. The molecular formula is C24H20N2O3. The van der Waals surface area contributed by atoms with Gasteiger partial charge in [0, 0.05) is 29.1 Å². The number of H-pyrrole nitrogens is 1. The van der Waals surface area contributed by atoms with Gasteiger partial charge in [0.05, 0.1) is 0 Å². The Morgan fingerprint density at radius 3 is 2.38 bits per heavy atom. The van der Waals surface area contributed by atoms with E-state index in [9.17, 15) is 14.7 Å². The predicted molar refractivity (Wildman–Crippen MR) is 113 cm³/mol. The third-order valence-corrected chi connectivity index (χ3v) is 4.96. The van der Waals surface area contributed by atoms with E-state index < -0.39 is 17.9 Å². The molecule has 1 atom stereocenters. The molecule has 0 radical (unpaired) electrons. The third kappa shape index (κ3) is 3.89. The first-order valence-corrected chi connectivity index (χ1v) is 9.36. The Balaban J connectivity index is 1.60. The molecule has 0 fully saturated rings. The van der Waals surface area contributed by atoms with Crippen LogP contribution in [0.1, 0.15) is 15.9 Å². The zero-order valence-corrected chi connectivity index (χ0v) is 15.6. The van der Waals surface area contributed by atoms with Gasteiger partial charge in [-0.05, 0) is 28.8 Å². The van der Waals surface area contributed by atoms with Gasteiger partial charge in [-0.15, -0.1) is 0 Å². The molecule has 29 heavy (non-hydrogen) atoms. The number of fused-ring (bicyclic) bond motifs is 1. The highest BCUT2D eigenvalue weighted by molar-refractivity contribution is 6.02. The van der Waals surface area contributed by atoms with E-state index in [4.69, 9.17) is 0 Å². The zero-order valence-electron chi connectivity index (χ0n) is 15.6. The van der Waals surface area contributed by atoms with Crippen molar-refractivity contribution in [3.05, 3.63) is 96.2 Å². The van der Waals surface area contributed by atoms with Crippen molar-refractivity contribution < 1.29 is 14.7 Å². The maximum atomic E-state index is 13.0. The predicted octanol–water partition coefficient (Wildman–Crippen LogP) is 4.26. The summed E-state index contributed by atoms with van der Waals surface area (Å²) in [7, 11) is 0. The molecule has 1 aromatic heterocycles. The lowest BCUT2D eigenvalue weighted by Gasteiger charge is -2.16. The lowest BCUT2D eigenvalue weighted by atomic mass is 9.98. The second-order valence-corrected chi connectivity index (χ2v) is 6.84. The second-order valence-electron chi connectivity index (χ2n) is 6.84. The summed E-state index contributed by atoms with van der Waals surface area (Å²) < 4.78 is 0. The molecule has 0 aliphatic rings. The minimum absolute atomic E-state index is 0.193. The molecule has 0 unspecified atom stereocenters. The van der Waals surface area contributed by atoms with Crippen LogP contribution in [0.25, 0.3) is 22.0 Å². The standard InChI is InChI=1S/C24H20N2O3/c27-23(20-12-5-4-10-18(20)16-8-2-1-3-9-16)26-22(24(28)29)14-17-15-25-21-13-7-6-11-19(17)21/h1-13,15,22,25H,14H2,(H,26,27)(H,28,29)/t22-/m0/s1. The van der Waals surface area contributed by atoms with Crippen LogP contribution >= 0.6 is 0 Å². The molecule has 5 heteroatoms. The zero-order chi connectivity index (χ0) is 20.2. The summed E-state index contributed by atoms with van der Waals surface area (Å²) in [5, 5.41) is 13.4. The molecular weight excluding hydrogens is 364 g/mol. The summed E-state index contributed by atoms with van der Waals surface area (Å²) in [6.07, 6.45) is 1.99. The lowest BCUT2D eigenvalue weighted by Crippen LogP contribution is -2.42. The van der Waals surface area contributed by atoms with Gasteiger partial charge in [0.2, 0.25) is 0 Å². The Morgan fingerprint density at radius 1 is 0.897 bits per heavy atom. The number of hydrogen-bond donors (Lipinski definition) is 3. The smallest absolute Gasteiger partial charge is 0.326 e. The van der Waals surface area contributed by atoms with E-state index in [0.29, 0.717) is 5.56 Å². The highest BCUT2D eigenvalue weighted by atomic mass is 16.4. The van der Waals surface area contributed by atoms with Crippen LogP contribution in [0.3, 0.4) is 0 Å². The number of para-hydroxylation sites is 1. The van der Waals surface area contributed by atoms with Gasteiger partial charge >= 0.3 is 5.97 Å². The average molecular weight is 384 g/mol. The molecule has 3 N–H and O–H groups in total. The summed E-state index contributed by atoms with van der Waals surface area (Å²) in [6, 6.07) is 23.4. The van der Waals surface area contributed by atoms with Crippen LogP contribution in [0.4, 0.5) is 0 Å². The van der Waals surface area contributed by atoms with Crippen molar-refractivity contribution in [2.45, 2.75) is 12.5 Å². The number of carbonyl (C=O) groups excluding carboxylic acids is 1. The molecule has 1 amide bonds. The highest BCUT2D eigenvalue weighted by Crippen LogP contribution is 2.24. The number of carbonyl (C=O) groups is 2. The van der Waals surface area contributed by atoms with Crippen molar-refractivity contribution in [2.24, 2.45) is 0 Å². The minimum Gasteiger partial charge on any atom is -0.480 e. The summed E-state index contributed by atoms with van der Waals surface area (Å²) >= 11 is 0. The van der Waals surface area contributed by atoms with Crippen molar-refractivity contribution in [3.63, 3.8) is 0 Å². The Morgan fingerprint density at radius 2 is 1.59 bits per heavy atom. The molecule has 4 aromatic rings. The largest absolute Gasteiger partial charge is 0.480 e. The first-order valence-electron chi connectivity index (χ1n) is 9.36. The van der Waals surface area contributed by atoms with Crippen molar-refractivity contribution in [2.75, 3.05) is 0 Å². The van der Waals surface area contributed by atoms with Gasteiger partial charge in [-0.25, -0.2) is 4.79 Å². The number of hydrogen-bond acceptors (Lipinski definition) is 2. The molecule has 5 nitrogen and oxygen atoms in total. The van der Waals surface area contributed by atoms with Crippen LogP contribution in [-0.2, 0) is 11.2 Å². The summed E-state index contributed by atoms with van der Waals surface area (Å²) in [4.78, 5) is 28.0. The first-order chi connectivity index (χ1) is 14.1. The summed E-state index contributed by atoms with van der Waals surface area (Å²) in [6.45, 7) is 0. The molecule has 0 saturated carbocycles. The maximum absolute atomic E-state index is 13.0. The van der Waals surface area contributed by atoms with Crippen LogP contribution in [0, 0.1) is 0 Å². The minimum atomic E-state index is -1.07. The fraction of sp³-hybridized carbons (Fsp3) is 0.0833. The van der Waals surface area contributed by atoms with Crippen LogP contribution in [-0.4, -0.2) is 28.0 Å². The van der Waals surface area contributed by atoms with Crippen molar-refractivity contribution in [3.8, 4) is 11.1 Å². The van der Waals surface area contributed by atoms with Crippen molar-refractivity contribution in [1.82, 2.24) is 10.3 Å². The number of rotatable bonds is 6. The van der Waals surface area contributed by atoms with Gasteiger partial charge < -0.3 is 15.4 Å². The fourth-order valence-electron chi connectivity index (χ4n) is 3.51. The van der Waals surface area contributed by atoms with E-state index in [1.807, 2.05) is 66.7 Å². The van der Waals surface area contributed by atoms with E-state index >= 15 is 0 Å². The van der Waals surface area contributed by atoms with E-state index in [0.717, 1.165) is 27.6 Å². The molecule has 144 valence electrons. The van der Waals surface area contributed by atoms with Gasteiger partial charge in [0.15, 0.2) is 0 Å². The Labute approximate surface area is 168 Å². The van der Waals surface area contributed by atoms with E-state index in [1.165, 1.54) is 0 Å². The molecule has 0 saturated heterocycles. The van der Waals surface area contributed by atoms with Crippen LogP contribution < -0.4 is 5.32 Å². The SMILES string of the molecule is O=C(N[C@@H](Cc1c[nH]c2ccccc12)C(=O)O)c1ccccc1-c1ccccc1. The number of nitrogens with one attached hydrogen (secondary N) is 2. The maximum Gasteiger partial charge on any atom is 0.326 e. The number of carboxylic acids is 1. The van der Waals surface area contributed by atoms with Crippen molar-refractivity contribution >= 4 is 22.8 Å². The Kier molecular flexibility index (Phi) is 5.12. The number of aromatic nitrogens is 1. The van der Waals surface area contributed by atoms with Gasteiger partial charge in [-0.1, -0.05) is 66.7 Å². The average Bonchev–Trinajstić information content (AvgIpc) is 3.16. The summed E-state index contributed by atoms with van der Waals surface area (Å²) in [5.74, 6) is -1.47. The summed E-state index contributed by atoms with van der Waals surface area (Å²) in [5.41, 5.74) is 3.91. The van der Waals surface area contributed by atoms with Crippen LogP contribution in [0.15, 0.2) is 85.1 Å². The molecule has 3 aromatic carbocycles. The van der Waals surface area contributed by atoms with E-state index in [2.05, 4.69) is 10.3 Å². The van der Waals surface area contributed by atoms with E-state index in [-0.39, 0.29) is 6.42 Å². The molecule has 4 rings (SSSR count). The number of aliphatic carboxylic acids is 1. The third-order valence-electron chi connectivity index (χ3n) is 4.96. The van der Waals surface area contributed by atoms with Crippen LogP contribution in [0.2, 0.25) is 0 Å². The van der Waals surface area contributed by atoms with Gasteiger partial charge in [0.25, 0.3) is 5.91 Å². The Bertz CT molecular complexity index is 1160. The van der Waals surface area contributed by atoms with Crippen LogP contribution in [0.5, 0.6) is 0 Å². The number of benzene rings is 3. The monoisotopic (exact) mass is 384 g/mol. The second kappa shape index (κ2) is 8.02. The Hall–Kier alpha value is -3.86. The van der Waals surface area contributed by atoms with E-state index in [1.54, 1.807) is 18.3 Å². The normalized spacial score (nSPS) is 11.9. The highest BCUT2D eigenvalue weighted by Gasteiger charge is 2.23. The lowest BCUT2D eigenvalue weighted by molar-refractivity contribution is -0.139. The van der Waals surface area contributed by atoms with Gasteiger partial charge in [-0.3, -0.25) is 4.79 Å². The quantitative estimate of drug-likeness (QED) is 0.464. The van der Waals surface area contributed by atoms with Crippen molar-refractivity contribution in [1.29, 1.82) is 0 Å².